The summed E-state index contributed by atoms with van der Waals surface area (Å²) in [4.78, 5) is 11.9. The highest BCUT2D eigenvalue weighted by Gasteiger charge is 2.28. The molecule has 1 saturated heterocycles. The van der Waals surface area contributed by atoms with Gasteiger partial charge in [0.05, 0.1) is 18.2 Å². The van der Waals surface area contributed by atoms with Crippen LogP contribution in [-0.4, -0.2) is 37.2 Å². The highest BCUT2D eigenvalue weighted by molar-refractivity contribution is 5.81. The Balaban J connectivity index is 2.56. The number of hydrogen-bond acceptors (Lipinski definition) is 3. The quantitative estimate of drug-likeness (QED) is 0.787. The minimum Gasteiger partial charge on any atom is -0.375 e. The third-order valence-electron chi connectivity index (χ3n) is 3.40. The van der Waals surface area contributed by atoms with E-state index < -0.39 is 0 Å². The smallest absolute Gasteiger partial charge is 0.236 e. The minimum atomic E-state index is -0.0856. The standard InChI is InChI=1S/C14H28N2O2/c1-9(2)6-13(14(17)15-5)16-12-7-10(3)18-11(4)8-12/h9-13,16H,6-8H2,1-5H3,(H,15,17). The zero-order valence-electron chi connectivity index (χ0n) is 12.3. The average molecular weight is 256 g/mol. The Bertz CT molecular complexity index is 259. The van der Waals surface area contributed by atoms with Crippen LogP contribution < -0.4 is 10.6 Å². The van der Waals surface area contributed by atoms with Crippen molar-refractivity contribution in [3.05, 3.63) is 0 Å². The second-order valence-corrected chi connectivity index (χ2v) is 5.89. The maximum absolute atomic E-state index is 11.9. The van der Waals surface area contributed by atoms with E-state index in [-0.39, 0.29) is 24.2 Å². The summed E-state index contributed by atoms with van der Waals surface area (Å²) < 4.78 is 5.73. The van der Waals surface area contributed by atoms with Crippen molar-refractivity contribution in [3.8, 4) is 0 Å². The molecule has 1 rings (SSSR count). The first-order valence-electron chi connectivity index (χ1n) is 7.05. The molecule has 3 unspecified atom stereocenters. The summed E-state index contributed by atoms with van der Waals surface area (Å²) in [5, 5.41) is 6.26. The zero-order valence-corrected chi connectivity index (χ0v) is 12.3. The molecule has 1 heterocycles. The topological polar surface area (TPSA) is 50.4 Å². The van der Waals surface area contributed by atoms with Crippen LogP contribution >= 0.6 is 0 Å². The normalized spacial score (nSPS) is 30.2. The highest BCUT2D eigenvalue weighted by atomic mass is 16.5. The molecular formula is C14H28N2O2. The molecule has 106 valence electrons. The molecule has 0 aromatic heterocycles. The van der Waals surface area contributed by atoms with E-state index in [0.717, 1.165) is 19.3 Å². The van der Waals surface area contributed by atoms with Crippen LogP contribution in [0.25, 0.3) is 0 Å². The molecule has 1 aliphatic heterocycles. The van der Waals surface area contributed by atoms with Crippen LogP contribution in [0.4, 0.5) is 0 Å². The molecular weight excluding hydrogens is 228 g/mol. The van der Waals surface area contributed by atoms with Crippen LogP contribution in [0.15, 0.2) is 0 Å². The SMILES string of the molecule is CNC(=O)C(CC(C)C)NC1CC(C)OC(C)C1. The monoisotopic (exact) mass is 256 g/mol. The van der Waals surface area contributed by atoms with Gasteiger partial charge < -0.3 is 15.4 Å². The molecule has 18 heavy (non-hydrogen) atoms. The molecule has 0 aromatic rings. The number of nitrogens with one attached hydrogen (secondary N) is 2. The summed E-state index contributed by atoms with van der Waals surface area (Å²) in [7, 11) is 1.70. The maximum Gasteiger partial charge on any atom is 0.236 e. The third kappa shape index (κ3) is 4.94. The van der Waals surface area contributed by atoms with Gasteiger partial charge in [0.25, 0.3) is 0 Å². The summed E-state index contributed by atoms with van der Waals surface area (Å²) in [6.45, 7) is 8.49. The van der Waals surface area contributed by atoms with E-state index in [9.17, 15) is 4.79 Å². The lowest BCUT2D eigenvalue weighted by atomic mass is 9.96. The van der Waals surface area contributed by atoms with Gasteiger partial charge in [0.15, 0.2) is 0 Å². The zero-order chi connectivity index (χ0) is 13.7. The van der Waals surface area contributed by atoms with E-state index >= 15 is 0 Å². The summed E-state index contributed by atoms with van der Waals surface area (Å²) >= 11 is 0. The molecule has 4 heteroatoms. The predicted octanol–water partition coefficient (Wildman–Crippen LogP) is 1.69. The third-order valence-corrected chi connectivity index (χ3v) is 3.40. The average Bonchev–Trinajstić information content (AvgIpc) is 2.25. The first-order chi connectivity index (χ1) is 8.42. The van der Waals surface area contributed by atoms with Crippen molar-refractivity contribution < 1.29 is 9.53 Å². The van der Waals surface area contributed by atoms with Gasteiger partial charge in [-0.05, 0) is 39.0 Å². The number of rotatable bonds is 5. The van der Waals surface area contributed by atoms with Gasteiger partial charge in [0, 0.05) is 13.1 Å². The van der Waals surface area contributed by atoms with Crippen molar-refractivity contribution in [2.75, 3.05) is 7.05 Å². The minimum absolute atomic E-state index is 0.0856. The molecule has 1 amide bonds. The molecule has 3 atom stereocenters. The van der Waals surface area contributed by atoms with Crippen LogP contribution in [0.5, 0.6) is 0 Å². The fraction of sp³-hybridized carbons (Fsp3) is 0.929. The number of carbonyl (C=O) groups is 1. The summed E-state index contributed by atoms with van der Waals surface area (Å²) in [6, 6.07) is 0.294. The van der Waals surface area contributed by atoms with Gasteiger partial charge in [-0.2, -0.15) is 0 Å². The Labute approximate surface area is 111 Å². The lowest BCUT2D eigenvalue weighted by molar-refractivity contribution is -0.124. The second kappa shape index (κ2) is 7.10. The van der Waals surface area contributed by atoms with Gasteiger partial charge in [-0.1, -0.05) is 13.8 Å². The van der Waals surface area contributed by atoms with Crippen LogP contribution in [-0.2, 0) is 9.53 Å². The van der Waals surface area contributed by atoms with Crippen molar-refractivity contribution in [1.82, 2.24) is 10.6 Å². The van der Waals surface area contributed by atoms with Crippen molar-refractivity contribution in [3.63, 3.8) is 0 Å². The maximum atomic E-state index is 11.9. The Kier molecular flexibility index (Phi) is 6.09. The van der Waals surface area contributed by atoms with Gasteiger partial charge in [-0.15, -0.1) is 0 Å². The van der Waals surface area contributed by atoms with E-state index in [0.29, 0.717) is 12.0 Å². The largest absolute Gasteiger partial charge is 0.375 e. The van der Waals surface area contributed by atoms with Crippen LogP contribution in [0.3, 0.4) is 0 Å². The van der Waals surface area contributed by atoms with E-state index in [1.165, 1.54) is 0 Å². The molecule has 1 aliphatic rings. The lowest BCUT2D eigenvalue weighted by Crippen LogP contribution is -2.51. The first-order valence-corrected chi connectivity index (χ1v) is 7.05. The Morgan fingerprint density at radius 2 is 1.83 bits per heavy atom. The van der Waals surface area contributed by atoms with Gasteiger partial charge in [-0.25, -0.2) is 0 Å². The summed E-state index contributed by atoms with van der Waals surface area (Å²) in [5.41, 5.74) is 0. The van der Waals surface area contributed by atoms with Crippen LogP contribution in [0, 0.1) is 5.92 Å². The lowest BCUT2D eigenvalue weighted by Gasteiger charge is -2.35. The molecule has 0 bridgehead atoms. The number of ether oxygens (including phenoxy) is 1. The molecule has 0 spiro atoms. The van der Waals surface area contributed by atoms with Crippen LogP contribution in [0.2, 0.25) is 0 Å². The fourth-order valence-corrected chi connectivity index (χ4v) is 2.72. The summed E-state index contributed by atoms with van der Waals surface area (Å²) in [5.74, 6) is 0.602. The molecule has 0 saturated carbocycles. The van der Waals surface area contributed by atoms with Gasteiger partial charge in [-0.3, -0.25) is 4.79 Å². The Morgan fingerprint density at radius 1 is 1.28 bits per heavy atom. The number of amides is 1. The number of carbonyl (C=O) groups excluding carboxylic acids is 1. The van der Waals surface area contributed by atoms with E-state index in [2.05, 4.69) is 38.3 Å². The van der Waals surface area contributed by atoms with Crippen molar-refractivity contribution >= 4 is 5.91 Å². The first kappa shape index (κ1) is 15.4. The van der Waals surface area contributed by atoms with E-state index in [1.54, 1.807) is 7.05 Å². The Hall–Kier alpha value is -0.610. The highest BCUT2D eigenvalue weighted by Crippen LogP contribution is 2.20. The number of hydrogen-bond donors (Lipinski definition) is 2. The van der Waals surface area contributed by atoms with Crippen molar-refractivity contribution in [2.45, 2.75) is 71.2 Å². The molecule has 0 aromatic carbocycles. The van der Waals surface area contributed by atoms with Crippen LogP contribution in [0.1, 0.15) is 47.0 Å². The number of likely N-dealkylation sites (N-methyl/N-ethyl adjacent to an activating group) is 1. The summed E-state index contributed by atoms with van der Waals surface area (Å²) in [6.07, 6.45) is 3.39. The van der Waals surface area contributed by atoms with Crippen molar-refractivity contribution in [2.24, 2.45) is 5.92 Å². The molecule has 0 radical (unpaired) electrons. The molecule has 4 nitrogen and oxygen atoms in total. The Morgan fingerprint density at radius 3 is 2.28 bits per heavy atom. The van der Waals surface area contributed by atoms with Crippen molar-refractivity contribution in [1.29, 1.82) is 0 Å². The van der Waals surface area contributed by atoms with Gasteiger partial charge in [0.2, 0.25) is 5.91 Å². The van der Waals surface area contributed by atoms with Gasteiger partial charge >= 0.3 is 0 Å². The van der Waals surface area contributed by atoms with E-state index in [4.69, 9.17) is 4.74 Å². The fourth-order valence-electron chi connectivity index (χ4n) is 2.72. The molecule has 1 fully saturated rings. The van der Waals surface area contributed by atoms with E-state index in [1.807, 2.05) is 0 Å². The second-order valence-electron chi connectivity index (χ2n) is 5.89. The molecule has 0 aliphatic carbocycles. The molecule has 2 N–H and O–H groups in total. The predicted molar refractivity (Wildman–Crippen MR) is 73.5 cm³/mol. The van der Waals surface area contributed by atoms with Gasteiger partial charge in [0.1, 0.15) is 0 Å².